The number of amides is 1. The van der Waals surface area contributed by atoms with Crippen LogP contribution in [0.2, 0.25) is 0 Å². The molecule has 0 aliphatic rings. The first kappa shape index (κ1) is 15.9. The van der Waals surface area contributed by atoms with E-state index in [1.54, 1.807) is 18.5 Å². The number of anilines is 3. The van der Waals surface area contributed by atoms with Crippen molar-refractivity contribution in [2.24, 2.45) is 10.2 Å². The first-order valence-corrected chi connectivity index (χ1v) is 6.84. The standard InChI is InChI=1S/C12H12N12O/c1-6(25)19-9-7(8(13)20-10(14)21-9)22-23-12-17-5-18-24(12)11-15-3-2-4-16-11/h2-5H,1H3,(H5,13,14,19,20,21,25). The molecule has 0 atom stereocenters. The zero-order valence-corrected chi connectivity index (χ0v) is 12.9. The van der Waals surface area contributed by atoms with E-state index < -0.39 is 0 Å². The fourth-order valence-electron chi connectivity index (χ4n) is 1.78. The Morgan fingerprint density at radius 1 is 1.16 bits per heavy atom. The molecular weight excluding hydrogens is 328 g/mol. The summed E-state index contributed by atoms with van der Waals surface area (Å²) in [7, 11) is 0. The second-order valence-corrected chi connectivity index (χ2v) is 4.57. The number of nitrogens with one attached hydrogen (secondary N) is 1. The van der Waals surface area contributed by atoms with Gasteiger partial charge in [0.15, 0.2) is 17.3 Å². The van der Waals surface area contributed by atoms with Crippen molar-refractivity contribution in [1.29, 1.82) is 0 Å². The van der Waals surface area contributed by atoms with Gasteiger partial charge in [0, 0.05) is 19.3 Å². The molecule has 3 rings (SSSR count). The molecule has 25 heavy (non-hydrogen) atoms. The summed E-state index contributed by atoms with van der Waals surface area (Å²) in [5.74, 6) is -0.157. The minimum Gasteiger partial charge on any atom is -0.382 e. The van der Waals surface area contributed by atoms with Gasteiger partial charge >= 0.3 is 0 Å². The third-order valence-corrected chi connectivity index (χ3v) is 2.73. The summed E-state index contributed by atoms with van der Waals surface area (Å²) in [4.78, 5) is 31.0. The average molecular weight is 340 g/mol. The van der Waals surface area contributed by atoms with Crippen LogP contribution in [0.15, 0.2) is 35.0 Å². The Kier molecular flexibility index (Phi) is 4.19. The number of nitrogens with zero attached hydrogens (tertiary/aromatic N) is 9. The predicted octanol–water partition coefficient (Wildman–Crippen LogP) is 0.385. The van der Waals surface area contributed by atoms with Gasteiger partial charge in [0.25, 0.3) is 11.9 Å². The van der Waals surface area contributed by atoms with E-state index in [1.807, 2.05) is 0 Å². The maximum Gasteiger partial charge on any atom is 0.274 e. The van der Waals surface area contributed by atoms with Gasteiger partial charge in [0.05, 0.1) is 0 Å². The van der Waals surface area contributed by atoms with E-state index in [1.165, 1.54) is 17.9 Å². The van der Waals surface area contributed by atoms with Crippen molar-refractivity contribution in [3.63, 3.8) is 0 Å². The molecule has 0 saturated carbocycles. The molecule has 3 aromatic heterocycles. The van der Waals surface area contributed by atoms with Gasteiger partial charge in [-0.25, -0.2) is 9.97 Å². The molecule has 0 radical (unpaired) electrons. The molecule has 0 bridgehead atoms. The molecule has 0 aliphatic heterocycles. The SMILES string of the molecule is CC(=O)Nc1nc(N)nc(N)c1N=Nc1ncnn1-c1ncccn1. The molecule has 1 amide bonds. The molecule has 13 nitrogen and oxygen atoms in total. The van der Waals surface area contributed by atoms with Crippen LogP contribution in [-0.2, 0) is 4.79 Å². The predicted molar refractivity (Wildman–Crippen MR) is 86.3 cm³/mol. The van der Waals surface area contributed by atoms with E-state index in [2.05, 4.69) is 45.6 Å². The first-order valence-electron chi connectivity index (χ1n) is 6.84. The number of hydrogen-bond donors (Lipinski definition) is 3. The summed E-state index contributed by atoms with van der Waals surface area (Å²) in [6.07, 6.45) is 4.36. The van der Waals surface area contributed by atoms with Gasteiger partial charge in [-0.05, 0) is 6.07 Å². The summed E-state index contributed by atoms with van der Waals surface area (Å²) >= 11 is 0. The quantitative estimate of drug-likeness (QED) is 0.564. The highest BCUT2D eigenvalue weighted by Crippen LogP contribution is 2.30. The van der Waals surface area contributed by atoms with Crippen LogP contribution < -0.4 is 16.8 Å². The molecule has 13 heteroatoms. The third kappa shape index (κ3) is 3.49. The molecular formula is C12H12N12O. The van der Waals surface area contributed by atoms with E-state index >= 15 is 0 Å². The number of azo groups is 1. The van der Waals surface area contributed by atoms with Crippen molar-refractivity contribution >= 4 is 35.1 Å². The van der Waals surface area contributed by atoms with Crippen molar-refractivity contribution in [1.82, 2.24) is 34.7 Å². The van der Waals surface area contributed by atoms with Crippen molar-refractivity contribution in [2.75, 3.05) is 16.8 Å². The van der Waals surface area contributed by atoms with Crippen LogP contribution >= 0.6 is 0 Å². The van der Waals surface area contributed by atoms with Gasteiger partial charge in [0.1, 0.15) is 6.33 Å². The molecule has 0 saturated heterocycles. The molecule has 126 valence electrons. The Bertz CT molecular complexity index is 935. The molecule has 3 heterocycles. The first-order chi connectivity index (χ1) is 12.0. The number of nitrogens with two attached hydrogens (primary N) is 2. The van der Waals surface area contributed by atoms with Crippen LogP contribution in [0.5, 0.6) is 0 Å². The smallest absolute Gasteiger partial charge is 0.274 e. The molecule has 0 unspecified atom stereocenters. The minimum atomic E-state index is -0.380. The van der Waals surface area contributed by atoms with E-state index in [-0.39, 0.29) is 41.1 Å². The Labute approximate surface area is 140 Å². The summed E-state index contributed by atoms with van der Waals surface area (Å²) in [6, 6.07) is 1.66. The lowest BCUT2D eigenvalue weighted by Gasteiger charge is -2.07. The lowest BCUT2D eigenvalue weighted by Crippen LogP contribution is -2.11. The maximum atomic E-state index is 11.3. The van der Waals surface area contributed by atoms with Crippen molar-refractivity contribution in [3.05, 3.63) is 24.8 Å². The van der Waals surface area contributed by atoms with Crippen LogP contribution in [0.3, 0.4) is 0 Å². The van der Waals surface area contributed by atoms with Crippen LogP contribution in [0.1, 0.15) is 6.92 Å². The lowest BCUT2D eigenvalue weighted by molar-refractivity contribution is -0.114. The number of rotatable bonds is 4. The van der Waals surface area contributed by atoms with Crippen molar-refractivity contribution in [3.8, 4) is 5.95 Å². The highest BCUT2D eigenvalue weighted by molar-refractivity contribution is 5.92. The van der Waals surface area contributed by atoms with Crippen LogP contribution in [0, 0.1) is 0 Å². The molecule has 0 aromatic carbocycles. The van der Waals surface area contributed by atoms with E-state index in [0.29, 0.717) is 0 Å². The van der Waals surface area contributed by atoms with E-state index in [4.69, 9.17) is 11.5 Å². The lowest BCUT2D eigenvalue weighted by atomic mass is 10.4. The number of aromatic nitrogens is 7. The van der Waals surface area contributed by atoms with Gasteiger partial charge in [-0.2, -0.15) is 24.7 Å². The Hall–Kier alpha value is -4.03. The fourth-order valence-corrected chi connectivity index (χ4v) is 1.78. The highest BCUT2D eigenvalue weighted by atomic mass is 16.1. The summed E-state index contributed by atoms with van der Waals surface area (Å²) in [6.45, 7) is 1.30. The van der Waals surface area contributed by atoms with Gasteiger partial charge in [-0.1, -0.05) is 0 Å². The second-order valence-electron chi connectivity index (χ2n) is 4.57. The molecule has 0 fully saturated rings. The number of hydrogen-bond acceptors (Lipinski definition) is 11. The van der Waals surface area contributed by atoms with Crippen molar-refractivity contribution in [2.45, 2.75) is 6.92 Å². The molecule has 3 aromatic rings. The fraction of sp³-hybridized carbons (Fsp3) is 0.0833. The largest absolute Gasteiger partial charge is 0.382 e. The highest BCUT2D eigenvalue weighted by Gasteiger charge is 2.14. The van der Waals surface area contributed by atoms with Crippen LogP contribution in [-0.4, -0.2) is 40.6 Å². The number of carbonyl (C=O) groups is 1. The normalized spacial score (nSPS) is 10.9. The summed E-state index contributed by atoms with van der Waals surface area (Å²) < 4.78 is 1.27. The van der Waals surface area contributed by atoms with Crippen LogP contribution in [0.4, 0.5) is 29.2 Å². The van der Waals surface area contributed by atoms with Crippen molar-refractivity contribution < 1.29 is 4.79 Å². The Morgan fingerprint density at radius 3 is 2.64 bits per heavy atom. The van der Waals surface area contributed by atoms with Gasteiger partial charge < -0.3 is 16.8 Å². The monoisotopic (exact) mass is 340 g/mol. The van der Waals surface area contributed by atoms with Gasteiger partial charge in [-0.15, -0.1) is 10.2 Å². The van der Waals surface area contributed by atoms with Crippen LogP contribution in [0.25, 0.3) is 5.95 Å². The Morgan fingerprint density at radius 2 is 1.92 bits per heavy atom. The Balaban J connectivity index is 1.99. The van der Waals surface area contributed by atoms with Gasteiger partial charge in [-0.3, -0.25) is 4.79 Å². The number of carbonyl (C=O) groups excluding carboxylic acids is 1. The average Bonchev–Trinajstić information content (AvgIpc) is 3.02. The summed E-state index contributed by atoms with van der Waals surface area (Å²) in [5, 5.41) is 14.3. The molecule has 5 N–H and O–H groups in total. The number of nitrogen functional groups attached to an aromatic ring is 2. The van der Waals surface area contributed by atoms with E-state index in [9.17, 15) is 4.79 Å². The second kappa shape index (κ2) is 6.61. The van der Waals surface area contributed by atoms with E-state index in [0.717, 1.165) is 0 Å². The third-order valence-electron chi connectivity index (χ3n) is 2.73. The minimum absolute atomic E-state index is 0.0308. The maximum absolute atomic E-state index is 11.3. The topological polar surface area (TPSA) is 188 Å². The molecule has 0 aliphatic carbocycles. The zero-order valence-electron chi connectivity index (χ0n) is 12.9. The zero-order chi connectivity index (χ0) is 17.8. The molecule has 0 spiro atoms. The summed E-state index contributed by atoms with van der Waals surface area (Å²) in [5.41, 5.74) is 11.3. The van der Waals surface area contributed by atoms with Gasteiger partial charge in [0.2, 0.25) is 11.9 Å².